The molecule has 1 aromatic rings. The van der Waals surface area contributed by atoms with E-state index in [0.717, 1.165) is 11.1 Å². The molecule has 0 radical (unpaired) electrons. The van der Waals surface area contributed by atoms with Crippen molar-refractivity contribution in [1.29, 1.82) is 0 Å². The van der Waals surface area contributed by atoms with E-state index in [4.69, 9.17) is 26.5 Å². The van der Waals surface area contributed by atoms with Crippen LogP contribution in [0.15, 0.2) is 24.3 Å². The van der Waals surface area contributed by atoms with Gasteiger partial charge >= 0.3 is 24.0 Å². The average Bonchev–Trinajstić information content (AvgIpc) is 3.51. The fourth-order valence-corrected chi connectivity index (χ4v) is 5.01. The number of hydrogen-bond donors (Lipinski definition) is 8. The number of hydrogen-bond acceptors (Lipinski definition) is 11. The molecule has 1 heterocycles. The van der Waals surface area contributed by atoms with Gasteiger partial charge in [-0.3, -0.25) is 24.0 Å². The predicted octanol–water partition coefficient (Wildman–Crippen LogP) is 2.70. The lowest BCUT2D eigenvalue weighted by Crippen LogP contribution is -2.45. The van der Waals surface area contributed by atoms with Crippen molar-refractivity contribution in [3.8, 4) is 0 Å². The lowest BCUT2D eigenvalue weighted by Gasteiger charge is -2.22. The first kappa shape index (κ1) is 55.4. The Morgan fingerprint density at radius 1 is 0.656 bits per heavy atom. The van der Waals surface area contributed by atoms with E-state index >= 15 is 0 Å². The van der Waals surface area contributed by atoms with Crippen LogP contribution in [0.1, 0.15) is 112 Å². The number of amides is 8. The molecule has 10 N–H and O–H groups in total. The smallest absolute Gasteiger partial charge is 0.336 e. The van der Waals surface area contributed by atoms with Crippen LogP contribution in [0.2, 0.25) is 0 Å². The van der Waals surface area contributed by atoms with Crippen LogP contribution in [0.5, 0.6) is 0 Å². The molecule has 344 valence electrons. The highest BCUT2D eigenvalue weighted by molar-refractivity contribution is 6.01. The van der Waals surface area contributed by atoms with Crippen molar-refractivity contribution in [2.45, 2.75) is 126 Å². The lowest BCUT2D eigenvalue weighted by molar-refractivity contribution is -0.201. The number of ketones is 1. The summed E-state index contributed by atoms with van der Waals surface area (Å²) in [5, 5.41) is 28.9. The molecule has 5 atom stereocenters. The summed E-state index contributed by atoms with van der Waals surface area (Å²) in [5.41, 5.74) is 11.5. The quantitative estimate of drug-likeness (QED) is 0.0617. The summed E-state index contributed by atoms with van der Waals surface area (Å²) in [4.78, 5) is 108. The molecule has 1 fully saturated rings. The summed E-state index contributed by atoms with van der Waals surface area (Å²) in [6.45, 7) is 17.4. The van der Waals surface area contributed by atoms with Crippen molar-refractivity contribution >= 4 is 53.4 Å². The van der Waals surface area contributed by atoms with Crippen molar-refractivity contribution < 1.29 is 58.2 Å². The highest BCUT2D eigenvalue weighted by Crippen LogP contribution is 2.17. The number of nitrogens with two attached hydrogens (primary N) is 2. The third-order valence-corrected chi connectivity index (χ3v) is 10.2. The number of aliphatic hydroxyl groups excluding tert-OH is 1. The average molecular weight is 864 g/mol. The van der Waals surface area contributed by atoms with Gasteiger partial charge in [-0.1, -0.05) is 86.6 Å². The molecular formula is C42H69N7O12. The number of rotatable bonds is 22. The van der Waals surface area contributed by atoms with Crippen LogP contribution in [-0.4, -0.2) is 93.9 Å². The third kappa shape index (κ3) is 22.6. The summed E-state index contributed by atoms with van der Waals surface area (Å²) in [5.74, 6) is -3.35. The second-order valence-electron chi connectivity index (χ2n) is 16.0. The normalized spacial score (nSPS) is 14.6. The molecule has 1 aliphatic rings. The SMILES string of the molecule is CC(C)[C@H](C)C(=O)NC(CCCNC(N)=O)C(=O)Cc1ccc(CO)cc1.CC(C)[C@H](C)C(=O)NC(CCCNC(N)=O)C(=O)O.CC(C)[C@H](C)C(=O)ON1C(=O)CCC1=O. The Kier molecular flexibility index (Phi) is 26.2. The van der Waals surface area contributed by atoms with Gasteiger partial charge in [0.15, 0.2) is 5.78 Å². The summed E-state index contributed by atoms with van der Waals surface area (Å²) in [7, 11) is 0. The molecule has 1 aromatic carbocycles. The van der Waals surface area contributed by atoms with Gasteiger partial charge in [-0.25, -0.2) is 19.2 Å². The van der Waals surface area contributed by atoms with Crippen molar-refractivity contribution in [1.82, 2.24) is 26.3 Å². The maximum absolute atomic E-state index is 12.7. The molecule has 8 amide bonds. The van der Waals surface area contributed by atoms with Gasteiger partial charge in [0, 0.05) is 44.2 Å². The van der Waals surface area contributed by atoms with Gasteiger partial charge in [0.1, 0.15) is 6.04 Å². The minimum absolute atomic E-state index is 0.0487. The Balaban J connectivity index is 0.000000929. The summed E-state index contributed by atoms with van der Waals surface area (Å²) in [6, 6.07) is 4.32. The van der Waals surface area contributed by atoms with Crippen molar-refractivity contribution in [3.05, 3.63) is 35.4 Å². The molecule has 19 nitrogen and oxygen atoms in total. The van der Waals surface area contributed by atoms with Gasteiger partial charge in [-0.2, -0.15) is 0 Å². The second-order valence-corrected chi connectivity index (χ2v) is 16.0. The van der Waals surface area contributed by atoms with Gasteiger partial charge in [0.2, 0.25) is 11.8 Å². The minimum Gasteiger partial charge on any atom is -0.480 e. The molecule has 1 aliphatic heterocycles. The van der Waals surface area contributed by atoms with Crippen LogP contribution >= 0.6 is 0 Å². The zero-order chi connectivity index (χ0) is 47.0. The van der Waals surface area contributed by atoms with Gasteiger partial charge in [0.05, 0.1) is 18.6 Å². The first-order valence-electron chi connectivity index (χ1n) is 20.6. The summed E-state index contributed by atoms with van der Waals surface area (Å²) < 4.78 is 0. The van der Waals surface area contributed by atoms with Crippen LogP contribution in [0.4, 0.5) is 9.59 Å². The van der Waals surface area contributed by atoms with E-state index < -0.39 is 47.9 Å². The highest BCUT2D eigenvalue weighted by Gasteiger charge is 2.34. The molecule has 61 heavy (non-hydrogen) atoms. The van der Waals surface area contributed by atoms with E-state index in [-0.39, 0.29) is 91.9 Å². The number of aliphatic carboxylic acids is 1. The number of carbonyl (C=O) groups is 9. The molecule has 0 aromatic heterocycles. The maximum atomic E-state index is 12.7. The van der Waals surface area contributed by atoms with E-state index in [1.54, 1.807) is 38.1 Å². The van der Waals surface area contributed by atoms with Crippen LogP contribution in [-0.2, 0) is 51.4 Å². The van der Waals surface area contributed by atoms with E-state index in [2.05, 4.69) is 21.3 Å². The second kappa shape index (κ2) is 28.8. The van der Waals surface area contributed by atoms with Crippen molar-refractivity contribution in [2.75, 3.05) is 13.1 Å². The summed E-state index contributed by atoms with van der Waals surface area (Å²) in [6.07, 6.45) is 2.06. The molecule has 1 saturated heterocycles. The molecule has 2 rings (SSSR count). The Bertz CT molecular complexity index is 1600. The van der Waals surface area contributed by atoms with Crippen LogP contribution in [0.3, 0.4) is 0 Å². The predicted molar refractivity (Wildman–Crippen MR) is 225 cm³/mol. The molecule has 2 unspecified atom stereocenters. The molecular weight excluding hydrogens is 794 g/mol. The number of carboxylic acid groups (broad SMARTS) is 1. The van der Waals surface area contributed by atoms with E-state index in [1.807, 2.05) is 48.5 Å². The number of carboxylic acids is 1. The Labute approximate surface area is 358 Å². The van der Waals surface area contributed by atoms with Crippen LogP contribution in [0.25, 0.3) is 0 Å². The summed E-state index contributed by atoms with van der Waals surface area (Å²) >= 11 is 0. The zero-order valence-electron chi connectivity index (χ0n) is 37.1. The standard InChI is InChI=1S/C20H31N3O4.C12H23N3O4.C10H15NO4/c1-13(2)14(3)19(26)23-17(5-4-10-22-20(21)27)18(25)11-15-6-8-16(12-24)9-7-15;1-7(2)8(3)10(16)15-9(11(17)18)5-4-6-14-12(13)19;1-6(2)7(3)10(14)15-11-8(12)4-5-9(11)13/h6-9,13-14,17,24H,4-5,10-12H2,1-3H3,(H,23,26)(H3,21,22,27);7-9H,4-6H2,1-3H3,(H,15,16)(H,17,18)(H3,13,14,19);6-7H,4-5H2,1-3H3/t14-,17?;8-,9?;7-/m000/s1. The number of aliphatic hydroxyl groups is 1. The number of hydroxylamine groups is 2. The number of carbonyl (C=O) groups excluding carboxylic acids is 8. The Hall–Kier alpha value is -5.59. The molecule has 0 bridgehead atoms. The third-order valence-electron chi connectivity index (χ3n) is 10.2. The topological polar surface area (TPSA) is 307 Å². The number of imide groups is 1. The number of primary amides is 2. The van der Waals surface area contributed by atoms with Gasteiger partial charge in [-0.15, -0.1) is 5.06 Å². The zero-order valence-corrected chi connectivity index (χ0v) is 37.1. The van der Waals surface area contributed by atoms with Gasteiger partial charge in [-0.05, 0) is 54.6 Å². The fraction of sp³-hybridized carbons (Fsp3) is 0.643. The molecule has 0 aliphatic carbocycles. The largest absolute Gasteiger partial charge is 0.480 e. The molecule has 19 heteroatoms. The molecule has 0 spiro atoms. The fourth-order valence-electron chi connectivity index (χ4n) is 5.01. The van der Waals surface area contributed by atoms with Gasteiger partial charge in [0.25, 0.3) is 11.8 Å². The number of nitrogens with one attached hydrogen (secondary N) is 4. The first-order valence-corrected chi connectivity index (χ1v) is 20.6. The highest BCUT2D eigenvalue weighted by atomic mass is 16.7. The van der Waals surface area contributed by atoms with Crippen molar-refractivity contribution in [3.63, 3.8) is 0 Å². The van der Waals surface area contributed by atoms with Crippen molar-refractivity contribution in [2.24, 2.45) is 47.0 Å². The van der Waals surface area contributed by atoms with Gasteiger partial charge < -0.3 is 47.8 Å². The maximum Gasteiger partial charge on any atom is 0.336 e. The number of urea groups is 2. The molecule has 0 saturated carbocycles. The van der Waals surface area contributed by atoms with E-state index in [1.165, 1.54) is 0 Å². The minimum atomic E-state index is -1.08. The van der Waals surface area contributed by atoms with E-state index in [0.29, 0.717) is 30.9 Å². The Morgan fingerprint density at radius 2 is 1.05 bits per heavy atom. The monoisotopic (exact) mass is 864 g/mol. The number of Topliss-reactive ketones (excluding diaryl/α,β-unsaturated/α-hetero) is 1. The number of benzene rings is 1. The van der Waals surface area contributed by atoms with Crippen LogP contribution in [0, 0.1) is 35.5 Å². The Morgan fingerprint density at radius 3 is 1.43 bits per heavy atom. The number of nitrogens with zero attached hydrogens (tertiary/aromatic N) is 1. The first-order chi connectivity index (χ1) is 28.4. The van der Waals surface area contributed by atoms with Crippen LogP contribution < -0.4 is 32.7 Å². The van der Waals surface area contributed by atoms with E-state index in [9.17, 15) is 43.2 Å². The lowest BCUT2D eigenvalue weighted by atomic mass is 9.95.